The maximum atomic E-state index is 11.6. The van der Waals surface area contributed by atoms with Gasteiger partial charge in [-0.15, -0.1) is 0 Å². The van der Waals surface area contributed by atoms with Crippen molar-refractivity contribution in [1.82, 2.24) is 0 Å². The molecular formula is C13H24O3. The van der Waals surface area contributed by atoms with Crippen LogP contribution < -0.4 is 0 Å². The molecule has 0 aliphatic heterocycles. The molecule has 1 aliphatic carbocycles. The number of unbranched alkanes of at least 4 members (excludes halogenated alkanes) is 3. The van der Waals surface area contributed by atoms with E-state index in [4.69, 9.17) is 0 Å². The van der Waals surface area contributed by atoms with Crippen molar-refractivity contribution in [3.63, 3.8) is 0 Å². The smallest absolute Gasteiger partial charge is 0.298 e. The van der Waals surface area contributed by atoms with Gasteiger partial charge in [-0.3, -0.25) is 4.89 Å². The van der Waals surface area contributed by atoms with Crippen LogP contribution in [0, 0.1) is 17.3 Å². The van der Waals surface area contributed by atoms with Gasteiger partial charge >= 0.3 is 5.97 Å². The number of carbonyl (C=O) groups excluding carboxylic acids is 1. The number of hydrogen-bond acceptors (Lipinski definition) is 3. The summed E-state index contributed by atoms with van der Waals surface area (Å²) < 4.78 is 0. The molecule has 0 bridgehead atoms. The molecule has 0 saturated heterocycles. The SMILES string of the molecule is CCCCCCC1C(C(=O)OOC)C1(C)C. The van der Waals surface area contributed by atoms with E-state index in [1.54, 1.807) is 0 Å². The highest BCUT2D eigenvalue weighted by Gasteiger charge is 2.62. The average molecular weight is 228 g/mol. The van der Waals surface area contributed by atoms with Gasteiger partial charge in [0.2, 0.25) is 0 Å². The number of carbonyl (C=O) groups is 1. The van der Waals surface area contributed by atoms with Crippen LogP contribution in [0.25, 0.3) is 0 Å². The lowest BCUT2D eigenvalue weighted by Crippen LogP contribution is -2.09. The van der Waals surface area contributed by atoms with Crippen LogP contribution in [0.4, 0.5) is 0 Å². The highest BCUT2D eigenvalue weighted by atomic mass is 17.2. The van der Waals surface area contributed by atoms with Crippen LogP contribution in [0.15, 0.2) is 0 Å². The third-order valence-electron chi connectivity index (χ3n) is 3.84. The van der Waals surface area contributed by atoms with Crippen LogP contribution >= 0.6 is 0 Å². The molecule has 94 valence electrons. The summed E-state index contributed by atoms with van der Waals surface area (Å²) in [5, 5.41) is 0. The van der Waals surface area contributed by atoms with Crippen molar-refractivity contribution < 1.29 is 14.6 Å². The Morgan fingerprint density at radius 3 is 2.50 bits per heavy atom. The number of hydrogen-bond donors (Lipinski definition) is 0. The molecule has 1 saturated carbocycles. The predicted molar refractivity (Wildman–Crippen MR) is 62.6 cm³/mol. The second-order valence-electron chi connectivity index (χ2n) is 5.32. The second-order valence-corrected chi connectivity index (χ2v) is 5.32. The molecule has 0 radical (unpaired) electrons. The Balaban J connectivity index is 2.30. The largest absolute Gasteiger partial charge is 0.346 e. The quantitative estimate of drug-likeness (QED) is 0.381. The third-order valence-corrected chi connectivity index (χ3v) is 3.84. The van der Waals surface area contributed by atoms with E-state index in [9.17, 15) is 4.79 Å². The Morgan fingerprint density at radius 2 is 1.94 bits per heavy atom. The van der Waals surface area contributed by atoms with E-state index in [1.807, 2.05) is 0 Å². The molecule has 0 spiro atoms. The summed E-state index contributed by atoms with van der Waals surface area (Å²) in [7, 11) is 1.38. The number of rotatable bonds is 7. The van der Waals surface area contributed by atoms with Gasteiger partial charge in [0.1, 0.15) is 0 Å². The Hall–Kier alpha value is -0.570. The van der Waals surface area contributed by atoms with Gasteiger partial charge in [-0.05, 0) is 17.8 Å². The molecule has 16 heavy (non-hydrogen) atoms. The highest BCUT2D eigenvalue weighted by molar-refractivity contribution is 5.77. The van der Waals surface area contributed by atoms with Crippen molar-refractivity contribution in [2.24, 2.45) is 17.3 Å². The van der Waals surface area contributed by atoms with Gasteiger partial charge < -0.3 is 0 Å². The molecule has 0 amide bonds. The molecule has 0 aromatic heterocycles. The monoisotopic (exact) mass is 228 g/mol. The topological polar surface area (TPSA) is 35.5 Å². The summed E-state index contributed by atoms with van der Waals surface area (Å²) in [6.45, 7) is 6.48. The first-order valence-electron chi connectivity index (χ1n) is 6.30. The standard InChI is InChI=1S/C13H24O3/c1-5-6-7-8-9-10-11(13(10,2)3)12(14)16-15-4/h10-11H,5-9H2,1-4H3. The van der Waals surface area contributed by atoms with E-state index in [-0.39, 0.29) is 17.3 Å². The van der Waals surface area contributed by atoms with Crippen molar-refractivity contribution in [2.75, 3.05) is 7.11 Å². The van der Waals surface area contributed by atoms with Gasteiger partial charge in [-0.1, -0.05) is 46.5 Å². The summed E-state index contributed by atoms with van der Waals surface area (Å²) in [6.07, 6.45) is 6.17. The first kappa shape index (κ1) is 13.5. The van der Waals surface area contributed by atoms with Crippen LogP contribution in [-0.4, -0.2) is 13.1 Å². The van der Waals surface area contributed by atoms with Crippen molar-refractivity contribution in [3.05, 3.63) is 0 Å². The summed E-state index contributed by atoms with van der Waals surface area (Å²) in [5.41, 5.74) is 0.0990. The van der Waals surface area contributed by atoms with Crippen molar-refractivity contribution >= 4 is 5.97 Å². The Kier molecular flexibility index (Phi) is 4.78. The minimum Gasteiger partial charge on any atom is -0.298 e. The Morgan fingerprint density at radius 1 is 1.25 bits per heavy atom. The highest BCUT2D eigenvalue weighted by Crippen LogP contribution is 2.60. The van der Waals surface area contributed by atoms with Crippen molar-refractivity contribution in [2.45, 2.75) is 52.9 Å². The van der Waals surface area contributed by atoms with Gasteiger partial charge in [-0.2, -0.15) is 4.89 Å². The maximum absolute atomic E-state index is 11.6. The molecule has 0 heterocycles. The van der Waals surface area contributed by atoms with Gasteiger partial charge in [0.05, 0.1) is 13.0 Å². The van der Waals surface area contributed by atoms with Crippen LogP contribution in [0.3, 0.4) is 0 Å². The average Bonchev–Trinajstić information content (AvgIpc) is 2.76. The van der Waals surface area contributed by atoms with E-state index in [2.05, 4.69) is 30.5 Å². The molecule has 1 rings (SSSR count). The van der Waals surface area contributed by atoms with Crippen molar-refractivity contribution in [3.8, 4) is 0 Å². The van der Waals surface area contributed by atoms with Crippen LogP contribution in [0.1, 0.15) is 52.9 Å². The first-order chi connectivity index (χ1) is 7.55. The van der Waals surface area contributed by atoms with Crippen LogP contribution in [0.2, 0.25) is 0 Å². The lowest BCUT2D eigenvalue weighted by Gasteiger charge is -2.01. The molecule has 0 N–H and O–H groups in total. The Bertz CT molecular complexity index is 235. The fraction of sp³-hybridized carbons (Fsp3) is 0.923. The van der Waals surface area contributed by atoms with Gasteiger partial charge in [-0.25, -0.2) is 4.79 Å². The van der Waals surface area contributed by atoms with E-state index in [0.29, 0.717) is 5.92 Å². The van der Waals surface area contributed by atoms with E-state index >= 15 is 0 Å². The third kappa shape index (κ3) is 2.97. The fourth-order valence-corrected chi connectivity index (χ4v) is 2.68. The lowest BCUT2D eigenvalue weighted by atomic mass is 10.0. The minimum absolute atomic E-state index is 0.0362. The minimum atomic E-state index is -0.201. The molecule has 3 nitrogen and oxygen atoms in total. The van der Waals surface area contributed by atoms with Crippen molar-refractivity contribution in [1.29, 1.82) is 0 Å². The fourth-order valence-electron chi connectivity index (χ4n) is 2.68. The summed E-state index contributed by atoms with van der Waals surface area (Å²) in [4.78, 5) is 20.6. The molecule has 1 fully saturated rings. The van der Waals surface area contributed by atoms with Gasteiger partial charge in [0.25, 0.3) is 0 Å². The second kappa shape index (κ2) is 5.67. The molecule has 2 atom stereocenters. The molecule has 3 heteroatoms. The Labute approximate surface area is 98.4 Å². The molecule has 0 aromatic rings. The maximum Gasteiger partial charge on any atom is 0.346 e. The molecule has 1 aliphatic rings. The van der Waals surface area contributed by atoms with Crippen LogP contribution in [-0.2, 0) is 14.6 Å². The van der Waals surface area contributed by atoms with E-state index < -0.39 is 0 Å². The predicted octanol–water partition coefficient (Wildman–Crippen LogP) is 3.33. The molecule has 0 aromatic carbocycles. The summed E-state index contributed by atoms with van der Waals surface area (Å²) in [5.74, 6) is 0.314. The van der Waals surface area contributed by atoms with E-state index in [0.717, 1.165) is 6.42 Å². The van der Waals surface area contributed by atoms with Gasteiger partial charge in [0.15, 0.2) is 0 Å². The van der Waals surface area contributed by atoms with E-state index in [1.165, 1.54) is 32.8 Å². The lowest BCUT2D eigenvalue weighted by molar-refractivity contribution is -0.257. The molecular weight excluding hydrogens is 204 g/mol. The first-order valence-corrected chi connectivity index (χ1v) is 6.30. The molecule has 2 unspecified atom stereocenters. The van der Waals surface area contributed by atoms with Gasteiger partial charge in [0, 0.05) is 0 Å². The zero-order chi connectivity index (χ0) is 12.2. The zero-order valence-electron chi connectivity index (χ0n) is 10.9. The summed E-state index contributed by atoms with van der Waals surface area (Å²) >= 11 is 0. The normalized spacial score (nSPS) is 26.5. The zero-order valence-corrected chi connectivity index (χ0v) is 10.9. The summed E-state index contributed by atoms with van der Waals surface area (Å²) in [6, 6.07) is 0. The van der Waals surface area contributed by atoms with Crippen LogP contribution in [0.5, 0.6) is 0 Å².